The van der Waals surface area contributed by atoms with Gasteiger partial charge in [0.15, 0.2) is 0 Å². The van der Waals surface area contributed by atoms with Crippen molar-refractivity contribution in [1.82, 2.24) is 20.9 Å². The highest BCUT2D eigenvalue weighted by Crippen LogP contribution is 2.02. The number of aryl methyl sites for hydroxylation is 1. The van der Waals surface area contributed by atoms with Gasteiger partial charge in [-0.3, -0.25) is 9.78 Å². The molecule has 0 unspecified atom stereocenters. The Balaban J connectivity index is 1.48. The van der Waals surface area contributed by atoms with Crippen molar-refractivity contribution in [2.24, 2.45) is 0 Å². The third-order valence-corrected chi connectivity index (χ3v) is 3.92. The number of carbonyl (C=O) groups excluding carboxylic acids is 2. The van der Waals surface area contributed by atoms with Gasteiger partial charge in [0, 0.05) is 32.0 Å². The van der Waals surface area contributed by atoms with Crippen LogP contribution < -0.4 is 16.0 Å². The normalized spacial score (nSPS) is 10.2. The molecular weight excluding hydrogens is 328 g/mol. The summed E-state index contributed by atoms with van der Waals surface area (Å²) in [5.74, 6) is -0.105. The van der Waals surface area contributed by atoms with E-state index in [-0.39, 0.29) is 11.9 Å². The maximum atomic E-state index is 11.8. The molecule has 1 heterocycles. The standard InChI is InChI=1S/C20H26N4O2/c1-16-7-9-17(10-8-16)14-24-20(26)23-13-4-2-3-12-22-19(25)18-6-5-11-21-15-18/h5-11,15H,2-4,12-14H2,1H3,(H,22,25)(H2,23,24,26). The van der Waals surface area contributed by atoms with E-state index in [4.69, 9.17) is 0 Å². The Labute approximate surface area is 154 Å². The third kappa shape index (κ3) is 7.34. The van der Waals surface area contributed by atoms with Crippen molar-refractivity contribution in [1.29, 1.82) is 0 Å². The second-order valence-corrected chi connectivity index (χ2v) is 6.15. The van der Waals surface area contributed by atoms with E-state index in [2.05, 4.69) is 20.9 Å². The van der Waals surface area contributed by atoms with E-state index >= 15 is 0 Å². The predicted octanol–water partition coefficient (Wildman–Crippen LogP) is 2.79. The first kappa shape index (κ1) is 19.4. The molecule has 0 atom stereocenters. The van der Waals surface area contributed by atoms with E-state index in [9.17, 15) is 9.59 Å². The summed E-state index contributed by atoms with van der Waals surface area (Å²) in [4.78, 5) is 27.5. The molecule has 2 aromatic rings. The van der Waals surface area contributed by atoms with Crippen LogP contribution in [0, 0.1) is 6.92 Å². The lowest BCUT2D eigenvalue weighted by Gasteiger charge is -2.08. The van der Waals surface area contributed by atoms with Crippen LogP contribution in [0.3, 0.4) is 0 Å². The van der Waals surface area contributed by atoms with Gasteiger partial charge >= 0.3 is 6.03 Å². The second-order valence-electron chi connectivity index (χ2n) is 6.15. The third-order valence-electron chi connectivity index (χ3n) is 3.92. The number of rotatable bonds is 9. The minimum atomic E-state index is -0.157. The molecule has 0 spiro atoms. The number of nitrogens with zero attached hydrogens (tertiary/aromatic N) is 1. The fourth-order valence-corrected chi connectivity index (χ4v) is 2.38. The molecule has 0 aliphatic rings. The number of amides is 3. The first-order valence-electron chi connectivity index (χ1n) is 8.90. The molecule has 138 valence electrons. The number of aromatic nitrogens is 1. The largest absolute Gasteiger partial charge is 0.352 e. The fourth-order valence-electron chi connectivity index (χ4n) is 2.38. The Bertz CT molecular complexity index is 687. The van der Waals surface area contributed by atoms with Crippen molar-refractivity contribution in [3.8, 4) is 0 Å². The second kappa shape index (κ2) is 10.9. The molecule has 1 aromatic heterocycles. The number of urea groups is 1. The van der Waals surface area contributed by atoms with Crippen LogP contribution in [-0.4, -0.2) is 30.0 Å². The van der Waals surface area contributed by atoms with Crippen LogP contribution in [-0.2, 0) is 6.54 Å². The summed E-state index contributed by atoms with van der Waals surface area (Å²) in [5, 5.41) is 8.55. The van der Waals surface area contributed by atoms with Crippen molar-refractivity contribution < 1.29 is 9.59 Å². The summed E-state index contributed by atoms with van der Waals surface area (Å²) in [6.07, 6.45) is 5.88. The van der Waals surface area contributed by atoms with Crippen LogP contribution in [0.5, 0.6) is 0 Å². The van der Waals surface area contributed by atoms with Crippen LogP contribution in [0.25, 0.3) is 0 Å². The maximum absolute atomic E-state index is 11.8. The highest BCUT2D eigenvalue weighted by Gasteiger charge is 2.03. The maximum Gasteiger partial charge on any atom is 0.315 e. The highest BCUT2D eigenvalue weighted by molar-refractivity contribution is 5.93. The Hall–Kier alpha value is -2.89. The molecule has 0 saturated heterocycles. The average molecular weight is 354 g/mol. The monoisotopic (exact) mass is 354 g/mol. The van der Waals surface area contributed by atoms with Crippen LogP contribution in [0.2, 0.25) is 0 Å². The number of unbranched alkanes of at least 4 members (excludes halogenated alkanes) is 2. The summed E-state index contributed by atoms with van der Waals surface area (Å²) >= 11 is 0. The van der Waals surface area contributed by atoms with Crippen molar-refractivity contribution >= 4 is 11.9 Å². The van der Waals surface area contributed by atoms with Crippen molar-refractivity contribution in [2.75, 3.05) is 13.1 Å². The molecule has 3 N–H and O–H groups in total. The number of hydrogen-bond donors (Lipinski definition) is 3. The molecule has 0 bridgehead atoms. The molecule has 6 nitrogen and oxygen atoms in total. The van der Waals surface area contributed by atoms with E-state index < -0.39 is 0 Å². The lowest BCUT2D eigenvalue weighted by molar-refractivity contribution is 0.0952. The molecule has 0 aliphatic heterocycles. The van der Waals surface area contributed by atoms with E-state index in [1.54, 1.807) is 24.5 Å². The fraction of sp³-hybridized carbons (Fsp3) is 0.350. The van der Waals surface area contributed by atoms with Gasteiger partial charge in [-0.1, -0.05) is 29.8 Å². The smallest absolute Gasteiger partial charge is 0.315 e. The summed E-state index contributed by atoms with van der Waals surface area (Å²) in [6, 6.07) is 11.4. The average Bonchev–Trinajstić information content (AvgIpc) is 2.67. The first-order valence-corrected chi connectivity index (χ1v) is 8.90. The quantitative estimate of drug-likeness (QED) is 0.606. The van der Waals surface area contributed by atoms with Crippen molar-refractivity contribution in [3.05, 3.63) is 65.5 Å². The number of pyridine rings is 1. The zero-order chi connectivity index (χ0) is 18.6. The summed E-state index contributed by atoms with van der Waals surface area (Å²) in [6.45, 7) is 3.80. The lowest BCUT2D eigenvalue weighted by Crippen LogP contribution is -2.35. The molecule has 0 radical (unpaired) electrons. The van der Waals surface area contributed by atoms with E-state index in [1.165, 1.54) is 5.56 Å². The SMILES string of the molecule is Cc1ccc(CNC(=O)NCCCCCNC(=O)c2cccnc2)cc1. The van der Waals surface area contributed by atoms with Crippen molar-refractivity contribution in [2.45, 2.75) is 32.7 Å². The molecule has 0 aliphatic carbocycles. The van der Waals surface area contributed by atoms with Crippen LogP contribution in [0.15, 0.2) is 48.8 Å². The molecule has 1 aromatic carbocycles. The predicted molar refractivity (Wildman–Crippen MR) is 102 cm³/mol. The minimum absolute atomic E-state index is 0.105. The van der Waals surface area contributed by atoms with Gasteiger partial charge in [-0.2, -0.15) is 0 Å². The van der Waals surface area contributed by atoms with Gasteiger partial charge in [-0.05, 0) is 43.9 Å². The van der Waals surface area contributed by atoms with Gasteiger partial charge in [0.2, 0.25) is 0 Å². The van der Waals surface area contributed by atoms with Crippen LogP contribution in [0.1, 0.15) is 40.7 Å². The van der Waals surface area contributed by atoms with Gasteiger partial charge in [0.05, 0.1) is 5.56 Å². The lowest BCUT2D eigenvalue weighted by atomic mass is 10.1. The first-order chi connectivity index (χ1) is 12.6. The van der Waals surface area contributed by atoms with E-state index in [1.807, 2.05) is 31.2 Å². The van der Waals surface area contributed by atoms with E-state index in [0.717, 1.165) is 24.8 Å². The van der Waals surface area contributed by atoms with E-state index in [0.29, 0.717) is 25.2 Å². The number of hydrogen-bond acceptors (Lipinski definition) is 3. The molecule has 0 saturated carbocycles. The molecular formula is C20H26N4O2. The summed E-state index contributed by atoms with van der Waals surface area (Å²) in [7, 11) is 0. The number of nitrogens with one attached hydrogen (secondary N) is 3. The van der Waals surface area contributed by atoms with Crippen LogP contribution >= 0.6 is 0 Å². The molecule has 2 rings (SSSR count). The zero-order valence-corrected chi connectivity index (χ0v) is 15.1. The van der Waals surface area contributed by atoms with Gasteiger partial charge in [0.25, 0.3) is 5.91 Å². The summed E-state index contributed by atoms with van der Waals surface area (Å²) < 4.78 is 0. The van der Waals surface area contributed by atoms with Crippen molar-refractivity contribution in [3.63, 3.8) is 0 Å². The molecule has 26 heavy (non-hydrogen) atoms. The highest BCUT2D eigenvalue weighted by atomic mass is 16.2. The van der Waals surface area contributed by atoms with Gasteiger partial charge in [-0.25, -0.2) is 4.79 Å². The molecule has 0 fully saturated rings. The number of carbonyl (C=O) groups is 2. The van der Waals surface area contributed by atoms with Gasteiger partial charge in [0.1, 0.15) is 0 Å². The Morgan fingerprint density at radius 3 is 2.35 bits per heavy atom. The molecule has 3 amide bonds. The van der Waals surface area contributed by atoms with Gasteiger partial charge in [-0.15, -0.1) is 0 Å². The Morgan fingerprint density at radius 1 is 0.923 bits per heavy atom. The topological polar surface area (TPSA) is 83.1 Å². The summed E-state index contributed by atoms with van der Waals surface area (Å²) in [5.41, 5.74) is 2.85. The minimum Gasteiger partial charge on any atom is -0.352 e. The Kier molecular flexibility index (Phi) is 8.12. The molecule has 6 heteroatoms. The number of benzene rings is 1. The van der Waals surface area contributed by atoms with Gasteiger partial charge < -0.3 is 16.0 Å². The zero-order valence-electron chi connectivity index (χ0n) is 15.1. The van der Waals surface area contributed by atoms with Crippen LogP contribution in [0.4, 0.5) is 4.79 Å². The Morgan fingerprint density at radius 2 is 1.65 bits per heavy atom.